The lowest BCUT2D eigenvalue weighted by Gasteiger charge is -2.19. The van der Waals surface area contributed by atoms with Crippen LogP contribution in [0.25, 0.3) is 22.1 Å². The molecule has 24 nitrogen and oxygen atoms in total. The van der Waals surface area contributed by atoms with E-state index in [1.807, 2.05) is 0 Å². The molecule has 2 aromatic rings. The lowest BCUT2D eigenvalue weighted by atomic mass is 10.0. The Kier molecular flexibility index (Phi) is 25.8. The molecule has 0 aliphatic heterocycles. The number of rotatable bonds is 8. The van der Waals surface area contributed by atoms with Crippen molar-refractivity contribution in [1.29, 1.82) is 0 Å². The predicted octanol–water partition coefficient (Wildman–Crippen LogP) is 2.50. The highest BCUT2D eigenvalue weighted by atomic mass is 32.3. The van der Waals surface area contributed by atoms with Crippen LogP contribution in [0.2, 0.25) is 0 Å². The standard InChI is InChI=1S/C15H24N4O8S4.C15H12N4O8S4.4CH4.B/c2*16-18-14(30(24,25)12-7-3-1-4-8-12)28(20,21)11-29(22,23)15(19-17)31(26,27)13-9-5-2-6-10-13;;;;;/h12-13H,1-11H2;1-10H,11H2;4*1H4;. The lowest BCUT2D eigenvalue weighted by molar-refractivity contribution is 0.00324. The van der Waals surface area contributed by atoms with Crippen molar-refractivity contribution in [3.63, 3.8) is 0 Å². The molecule has 0 bridgehead atoms. The van der Waals surface area contributed by atoms with E-state index >= 15 is 0 Å². The number of benzene rings is 2. The van der Waals surface area contributed by atoms with Crippen LogP contribution in [-0.4, -0.2) is 133 Å². The van der Waals surface area contributed by atoms with Crippen molar-refractivity contribution in [3.05, 3.63) is 82.8 Å². The van der Waals surface area contributed by atoms with E-state index in [0.29, 0.717) is 25.7 Å². The van der Waals surface area contributed by atoms with E-state index in [9.17, 15) is 67.3 Å². The third-order valence-electron chi connectivity index (χ3n) is 9.05. The maximum Gasteiger partial charge on any atom is 0.500 e. The summed E-state index contributed by atoms with van der Waals surface area (Å²) in [5, 5.41) is -6.53. The predicted molar refractivity (Wildman–Crippen MR) is 251 cm³/mol. The highest BCUT2D eigenvalue weighted by Gasteiger charge is 2.54. The lowest BCUT2D eigenvalue weighted by Crippen LogP contribution is -2.41. The molecule has 0 unspecified atom stereocenters. The van der Waals surface area contributed by atoms with E-state index in [4.69, 9.17) is 22.1 Å². The monoisotopic (exact) mass is 1100 g/mol. The topological polar surface area (TPSA) is 419 Å². The molecule has 2 aliphatic carbocycles. The minimum atomic E-state index is -5.47. The fraction of sp³-hybridized carbons (Fsp3) is 0.529. The van der Waals surface area contributed by atoms with Crippen LogP contribution < -0.4 is 0 Å². The molecule has 0 N–H and O–H groups in total. The van der Waals surface area contributed by atoms with Crippen LogP contribution in [0.1, 0.15) is 93.9 Å². The van der Waals surface area contributed by atoms with Gasteiger partial charge in [0, 0.05) is 8.41 Å². The second-order valence-corrected chi connectivity index (χ2v) is 30.8. The van der Waals surface area contributed by atoms with Crippen molar-refractivity contribution in [3.8, 4) is 0 Å². The first-order valence-corrected chi connectivity index (χ1v) is 30.2. The largest absolute Gasteiger partial charge is 0.500 e. The normalized spacial score (nSPS) is 14.9. The second-order valence-electron chi connectivity index (χ2n) is 13.4. The molecule has 0 aromatic heterocycles. The van der Waals surface area contributed by atoms with E-state index in [1.165, 1.54) is 36.4 Å². The summed E-state index contributed by atoms with van der Waals surface area (Å²) in [4.78, 5) is 7.89. The van der Waals surface area contributed by atoms with Gasteiger partial charge in [-0.15, -0.1) is 19.2 Å². The van der Waals surface area contributed by atoms with E-state index in [2.05, 4.69) is 19.2 Å². The fourth-order valence-corrected chi connectivity index (χ4v) is 24.6. The molecular weight excluding hydrogens is 1040 g/mol. The second kappa shape index (κ2) is 25.8. The van der Waals surface area contributed by atoms with Crippen molar-refractivity contribution in [2.75, 3.05) is 10.2 Å². The van der Waals surface area contributed by atoms with Crippen molar-refractivity contribution < 1.29 is 86.5 Å². The highest BCUT2D eigenvalue weighted by molar-refractivity contribution is 8.40. The molecule has 2 saturated carbocycles. The molecule has 0 atom stereocenters. The minimum Gasteiger partial charge on any atom is -0.359 e. The van der Waals surface area contributed by atoms with Crippen molar-refractivity contribution in [2.24, 2.45) is 0 Å². The summed E-state index contributed by atoms with van der Waals surface area (Å²) in [5.74, 6) is 0. The van der Waals surface area contributed by atoms with Gasteiger partial charge in [-0.05, 0) is 49.9 Å². The Bertz CT molecular complexity index is 2990. The van der Waals surface area contributed by atoms with Crippen LogP contribution in [0.4, 0.5) is 0 Å². The van der Waals surface area contributed by atoms with Gasteiger partial charge < -0.3 is 22.1 Å². The number of hydrogen-bond donors (Lipinski definition) is 0. The van der Waals surface area contributed by atoms with Crippen LogP contribution in [0.15, 0.2) is 70.5 Å². The van der Waals surface area contributed by atoms with Crippen LogP contribution in [-0.2, 0) is 78.7 Å². The van der Waals surface area contributed by atoms with E-state index in [1.54, 1.807) is 0 Å². The Balaban J connectivity index is -0.00000114. The maximum atomic E-state index is 12.7. The van der Waals surface area contributed by atoms with Crippen LogP contribution in [0.5, 0.6) is 0 Å². The summed E-state index contributed by atoms with van der Waals surface area (Å²) in [7, 11) is -41.0. The average molecular weight is 1100 g/mol. The van der Waals surface area contributed by atoms with Crippen LogP contribution in [0.3, 0.4) is 0 Å². The van der Waals surface area contributed by atoms with Gasteiger partial charge >= 0.3 is 17.5 Å². The van der Waals surface area contributed by atoms with Gasteiger partial charge in [-0.1, -0.05) is 105 Å². The van der Waals surface area contributed by atoms with Gasteiger partial charge in [0.05, 0.1) is 20.3 Å². The number of sulfone groups is 8. The Morgan fingerprint density at radius 2 is 0.612 bits per heavy atom. The number of nitrogens with zero attached hydrogens (tertiary/aromatic N) is 8. The highest BCUT2D eigenvalue weighted by Crippen LogP contribution is 2.28. The van der Waals surface area contributed by atoms with Gasteiger partial charge in [-0.2, -0.15) is 0 Å². The fourth-order valence-electron chi connectivity index (χ4n) is 6.21. The molecule has 4 rings (SSSR count). The molecule has 2 fully saturated rings. The first-order chi connectivity index (χ1) is 28.6. The molecule has 0 spiro atoms. The maximum absolute atomic E-state index is 12.7. The summed E-state index contributed by atoms with van der Waals surface area (Å²) < 4.78 is 194. The minimum absolute atomic E-state index is 0. The first kappa shape index (κ1) is 66.9. The Morgan fingerprint density at radius 1 is 0.388 bits per heavy atom. The summed E-state index contributed by atoms with van der Waals surface area (Å²) in [5.41, 5.74) is 36.3. The molecule has 0 amide bonds. The van der Waals surface area contributed by atoms with Crippen LogP contribution >= 0.6 is 0 Å². The molecule has 2 aliphatic rings. The summed E-state index contributed by atoms with van der Waals surface area (Å²) in [6, 6.07) is 11.6. The molecule has 2 aromatic carbocycles. The van der Waals surface area contributed by atoms with Gasteiger partial charge in [0.15, 0.2) is 10.2 Å². The van der Waals surface area contributed by atoms with E-state index in [0.717, 1.165) is 37.1 Å². The SMILES string of the molecule is C.C.C.C.[B].[N-]=[N+]=C(S(=O)(=O)CS(=O)(=O)C(=[N+]=[N-])S(=O)(=O)C1CCCCC1)S(=O)(=O)C1CCCCC1.[N-]=[N+]=C(S(=O)(=O)CS(=O)(=O)C(=[N+]=[N-])S(=O)(=O)c1ccccc1)S(=O)(=O)c1ccccc1. The quantitative estimate of drug-likeness (QED) is 0.120. The van der Waals surface area contributed by atoms with Gasteiger partial charge in [-0.3, -0.25) is 0 Å². The van der Waals surface area contributed by atoms with Crippen molar-refractivity contribution in [2.45, 2.75) is 114 Å². The third-order valence-corrected chi connectivity index (χ3v) is 28.9. The molecule has 0 saturated heterocycles. The van der Waals surface area contributed by atoms with Gasteiger partial charge in [0.1, 0.15) is 0 Å². The zero-order valence-corrected chi connectivity index (χ0v) is 38.9. The first-order valence-electron chi connectivity index (χ1n) is 17.5. The summed E-state index contributed by atoms with van der Waals surface area (Å²) in [6.45, 7) is 0. The molecule has 0 heterocycles. The molecule has 33 heteroatoms. The van der Waals surface area contributed by atoms with Gasteiger partial charge in [0.25, 0.3) is 78.7 Å². The summed E-state index contributed by atoms with van der Waals surface area (Å²) >= 11 is 0. The smallest absolute Gasteiger partial charge is 0.359 e. The third kappa shape index (κ3) is 15.3. The van der Waals surface area contributed by atoms with E-state index in [-0.39, 0.29) is 63.8 Å². The van der Waals surface area contributed by atoms with Crippen LogP contribution in [0, 0.1) is 0 Å². The molecule has 375 valence electrons. The average Bonchev–Trinajstić information content (AvgIpc) is 3.18. The van der Waals surface area contributed by atoms with E-state index < -0.39 is 127 Å². The molecule has 67 heavy (non-hydrogen) atoms. The zero-order chi connectivity index (χ0) is 47.0. The van der Waals surface area contributed by atoms with Crippen molar-refractivity contribution >= 4 is 105 Å². The summed E-state index contributed by atoms with van der Waals surface area (Å²) in [6.07, 6.45) is 3.95. The Labute approximate surface area is 395 Å². The van der Waals surface area contributed by atoms with Gasteiger partial charge in [-0.25, -0.2) is 67.3 Å². The number of hydrogen-bond acceptors (Lipinski definition) is 16. The molecule has 3 radical (unpaired) electrons. The van der Waals surface area contributed by atoms with Gasteiger partial charge in [0.2, 0.25) is 0 Å². The Hall–Kier alpha value is -4.38. The van der Waals surface area contributed by atoms with Crippen molar-refractivity contribution in [1.82, 2.24) is 0 Å². The molecular formula is C34H52BN8O16S8. The Morgan fingerprint density at radius 3 is 0.836 bits per heavy atom. The zero-order valence-electron chi connectivity index (χ0n) is 32.4.